The Morgan fingerprint density at radius 3 is 2.83 bits per heavy atom. The van der Waals surface area contributed by atoms with Gasteiger partial charge in [0.05, 0.1) is 15.9 Å². The Morgan fingerprint density at radius 2 is 2.28 bits per heavy atom. The fraction of sp³-hybridized carbons (Fsp3) is 0.100. The summed E-state index contributed by atoms with van der Waals surface area (Å²) < 4.78 is 15.4. The fourth-order valence-electron chi connectivity index (χ4n) is 1.34. The molecule has 94 valence electrons. The van der Waals surface area contributed by atoms with Gasteiger partial charge in [0, 0.05) is 19.4 Å². The third-order valence-electron chi connectivity index (χ3n) is 2.26. The molecule has 1 aromatic carbocycles. The number of nitrogens with two attached hydrogens (primary N) is 1. The molecular weight excluding hydrogens is 259 g/mol. The third kappa shape index (κ3) is 2.28. The minimum Gasteiger partial charge on any atom is -0.393 e. The molecule has 2 aromatic rings. The van der Waals surface area contributed by atoms with Crippen molar-refractivity contribution >= 4 is 23.1 Å². The molecule has 0 saturated carbocycles. The van der Waals surface area contributed by atoms with Crippen LogP contribution in [0.1, 0.15) is 0 Å². The van der Waals surface area contributed by atoms with Crippen LogP contribution in [0.25, 0.3) is 0 Å². The zero-order chi connectivity index (χ0) is 13.3. The van der Waals surface area contributed by atoms with Crippen molar-refractivity contribution in [3.8, 4) is 0 Å². The molecule has 0 spiro atoms. The van der Waals surface area contributed by atoms with Gasteiger partial charge in [-0.15, -0.1) is 0 Å². The lowest BCUT2D eigenvalue weighted by molar-refractivity contribution is -0.384. The van der Waals surface area contributed by atoms with Gasteiger partial charge in [0.25, 0.3) is 5.69 Å². The van der Waals surface area contributed by atoms with Gasteiger partial charge in [0.1, 0.15) is 11.5 Å². The Hall–Kier alpha value is -2.09. The van der Waals surface area contributed by atoms with Crippen molar-refractivity contribution in [1.29, 1.82) is 0 Å². The van der Waals surface area contributed by atoms with Crippen LogP contribution in [0.2, 0.25) is 0 Å². The summed E-state index contributed by atoms with van der Waals surface area (Å²) in [6.45, 7) is 0. The molecule has 8 heteroatoms. The van der Waals surface area contributed by atoms with Crippen LogP contribution in [0.15, 0.2) is 34.6 Å². The summed E-state index contributed by atoms with van der Waals surface area (Å²) in [6.07, 6.45) is 3.30. The first-order valence-electron chi connectivity index (χ1n) is 4.87. The second kappa shape index (κ2) is 4.65. The summed E-state index contributed by atoms with van der Waals surface area (Å²) in [6, 6.07) is 2.06. The van der Waals surface area contributed by atoms with E-state index in [-0.39, 0.29) is 10.6 Å². The average Bonchev–Trinajstić information content (AvgIpc) is 2.69. The number of benzene rings is 1. The molecule has 1 heterocycles. The van der Waals surface area contributed by atoms with Crippen LogP contribution in [0, 0.1) is 15.9 Å². The lowest BCUT2D eigenvalue weighted by Crippen LogP contribution is -1.98. The first-order chi connectivity index (χ1) is 8.49. The average molecular weight is 268 g/mol. The molecule has 2 N–H and O–H groups in total. The summed E-state index contributed by atoms with van der Waals surface area (Å²) in [5, 5.41) is 11.2. The van der Waals surface area contributed by atoms with Crippen molar-refractivity contribution < 1.29 is 9.31 Å². The van der Waals surface area contributed by atoms with Gasteiger partial charge in [-0.2, -0.15) is 0 Å². The smallest absolute Gasteiger partial charge is 0.295 e. The van der Waals surface area contributed by atoms with Crippen molar-refractivity contribution in [3.05, 3.63) is 40.5 Å². The van der Waals surface area contributed by atoms with Gasteiger partial charge in [-0.3, -0.25) is 10.1 Å². The highest BCUT2D eigenvalue weighted by atomic mass is 32.2. The summed E-state index contributed by atoms with van der Waals surface area (Å²) >= 11 is 1.06. The van der Waals surface area contributed by atoms with E-state index in [1.807, 2.05) is 0 Å². The van der Waals surface area contributed by atoms with Crippen LogP contribution in [-0.2, 0) is 7.05 Å². The number of nitrogens with zero attached hydrogens (tertiary/aromatic N) is 3. The topological polar surface area (TPSA) is 87.0 Å². The van der Waals surface area contributed by atoms with Crippen LogP contribution in [0.5, 0.6) is 0 Å². The molecule has 0 aliphatic rings. The third-order valence-corrected chi connectivity index (χ3v) is 3.36. The van der Waals surface area contributed by atoms with Gasteiger partial charge < -0.3 is 10.3 Å². The number of nitro benzene ring substituents is 1. The summed E-state index contributed by atoms with van der Waals surface area (Å²) in [5.74, 6) is -0.691. The Balaban J connectivity index is 2.38. The summed E-state index contributed by atoms with van der Waals surface area (Å²) in [7, 11) is 1.77. The Kier molecular flexibility index (Phi) is 3.19. The number of aromatic nitrogens is 2. The minimum atomic E-state index is -0.715. The van der Waals surface area contributed by atoms with E-state index in [0.717, 1.165) is 17.8 Å². The fourth-order valence-corrected chi connectivity index (χ4v) is 2.20. The number of rotatable bonds is 3. The number of hydrogen-bond donors (Lipinski definition) is 1. The predicted octanol–water partition coefficient (Wildman–Crippen LogP) is 2.20. The van der Waals surface area contributed by atoms with E-state index in [1.54, 1.807) is 24.0 Å². The van der Waals surface area contributed by atoms with E-state index < -0.39 is 16.4 Å². The van der Waals surface area contributed by atoms with Crippen LogP contribution in [0.3, 0.4) is 0 Å². The zero-order valence-corrected chi connectivity index (χ0v) is 10.1. The number of nitrogen functional groups attached to an aromatic ring is 1. The predicted molar refractivity (Wildman–Crippen MR) is 64.8 cm³/mol. The number of halogens is 1. The number of imidazole rings is 1. The van der Waals surface area contributed by atoms with Crippen molar-refractivity contribution in [2.45, 2.75) is 10.1 Å². The second-order valence-electron chi connectivity index (χ2n) is 3.52. The van der Waals surface area contributed by atoms with E-state index in [4.69, 9.17) is 5.73 Å². The molecule has 0 unspecified atom stereocenters. The molecule has 0 amide bonds. The van der Waals surface area contributed by atoms with Gasteiger partial charge >= 0.3 is 0 Å². The Bertz CT molecular complexity index is 614. The SMILES string of the molecule is Cn1ccnc1Sc1cc(N)c([N+](=O)[O-])cc1F. The van der Waals surface area contributed by atoms with E-state index in [1.165, 1.54) is 6.07 Å². The van der Waals surface area contributed by atoms with Crippen molar-refractivity contribution in [2.75, 3.05) is 5.73 Å². The van der Waals surface area contributed by atoms with E-state index in [0.29, 0.717) is 5.16 Å². The Morgan fingerprint density at radius 1 is 1.56 bits per heavy atom. The van der Waals surface area contributed by atoms with Crippen LogP contribution < -0.4 is 5.73 Å². The molecular formula is C10H9FN4O2S. The maximum Gasteiger partial charge on any atom is 0.295 e. The molecule has 0 atom stereocenters. The molecule has 0 fully saturated rings. The van der Waals surface area contributed by atoms with E-state index in [9.17, 15) is 14.5 Å². The molecule has 1 aromatic heterocycles. The monoisotopic (exact) mass is 268 g/mol. The molecule has 0 radical (unpaired) electrons. The maximum atomic E-state index is 13.7. The zero-order valence-electron chi connectivity index (χ0n) is 9.33. The second-order valence-corrected chi connectivity index (χ2v) is 4.53. The molecule has 0 aliphatic carbocycles. The first-order valence-corrected chi connectivity index (χ1v) is 5.69. The molecule has 6 nitrogen and oxygen atoms in total. The lowest BCUT2D eigenvalue weighted by Gasteiger charge is -2.05. The highest BCUT2D eigenvalue weighted by molar-refractivity contribution is 7.99. The quantitative estimate of drug-likeness (QED) is 0.524. The molecule has 0 aliphatic heterocycles. The number of hydrogen-bond acceptors (Lipinski definition) is 5. The molecule has 0 bridgehead atoms. The van der Waals surface area contributed by atoms with Gasteiger partial charge in [-0.1, -0.05) is 0 Å². The van der Waals surface area contributed by atoms with Crippen LogP contribution in [-0.4, -0.2) is 14.5 Å². The lowest BCUT2D eigenvalue weighted by atomic mass is 10.2. The Labute approximate surface area is 106 Å². The summed E-state index contributed by atoms with van der Waals surface area (Å²) in [5.41, 5.74) is 5.00. The van der Waals surface area contributed by atoms with Gasteiger partial charge in [-0.25, -0.2) is 9.37 Å². The van der Waals surface area contributed by atoms with Crippen molar-refractivity contribution in [3.63, 3.8) is 0 Å². The van der Waals surface area contributed by atoms with Gasteiger partial charge in [0.15, 0.2) is 5.16 Å². The number of aryl methyl sites for hydroxylation is 1. The highest BCUT2D eigenvalue weighted by Gasteiger charge is 2.17. The molecule has 2 rings (SSSR count). The number of nitro groups is 1. The van der Waals surface area contributed by atoms with Crippen LogP contribution >= 0.6 is 11.8 Å². The summed E-state index contributed by atoms with van der Waals surface area (Å²) in [4.78, 5) is 14.1. The first kappa shape index (κ1) is 12.4. The minimum absolute atomic E-state index is 0.0712. The van der Waals surface area contributed by atoms with E-state index in [2.05, 4.69) is 4.98 Å². The maximum absolute atomic E-state index is 13.7. The number of anilines is 1. The highest BCUT2D eigenvalue weighted by Crippen LogP contribution is 2.33. The van der Waals surface area contributed by atoms with E-state index >= 15 is 0 Å². The standard InChI is InChI=1S/C10H9FN4O2S/c1-14-3-2-13-10(14)18-9-5-7(12)8(15(16)17)4-6(9)11/h2-5H,12H2,1H3. The largest absolute Gasteiger partial charge is 0.393 e. The molecule has 0 saturated heterocycles. The normalized spacial score (nSPS) is 10.6. The van der Waals surface area contributed by atoms with Gasteiger partial charge in [-0.05, 0) is 17.8 Å². The molecule has 18 heavy (non-hydrogen) atoms. The van der Waals surface area contributed by atoms with Crippen LogP contribution in [0.4, 0.5) is 15.8 Å². The van der Waals surface area contributed by atoms with Crippen molar-refractivity contribution in [2.24, 2.45) is 7.05 Å². The van der Waals surface area contributed by atoms with Crippen molar-refractivity contribution in [1.82, 2.24) is 9.55 Å². The van der Waals surface area contributed by atoms with Gasteiger partial charge in [0.2, 0.25) is 0 Å².